The summed E-state index contributed by atoms with van der Waals surface area (Å²) in [6.07, 6.45) is 1.49. The number of carbonyl (C=O) groups is 2. The molecule has 0 spiro atoms. The lowest BCUT2D eigenvalue weighted by molar-refractivity contribution is -0.141. The molecule has 0 aromatic heterocycles. The SMILES string of the molecule is COCCCNC(=O)[C@@H](c1ccccc1)N(Cc1ccc(F)cc1)C(=O)CCc1ccccc1. The Balaban J connectivity index is 1.88. The molecule has 0 aliphatic carbocycles. The van der Waals surface area contributed by atoms with Crippen LogP contribution in [0.15, 0.2) is 84.9 Å². The van der Waals surface area contributed by atoms with Gasteiger partial charge in [-0.15, -0.1) is 0 Å². The third-order valence-electron chi connectivity index (χ3n) is 5.56. The number of nitrogens with one attached hydrogen (secondary N) is 1. The van der Waals surface area contributed by atoms with Crippen molar-refractivity contribution in [3.05, 3.63) is 107 Å². The highest BCUT2D eigenvalue weighted by Gasteiger charge is 2.31. The lowest BCUT2D eigenvalue weighted by Gasteiger charge is -2.32. The van der Waals surface area contributed by atoms with E-state index in [4.69, 9.17) is 4.74 Å². The Hall–Kier alpha value is -3.51. The highest BCUT2D eigenvalue weighted by molar-refractivity contribution is 5.88. The fourth-order valence-corrected chi connectivity index (χ4v) is 3.78. The van der Waals surface area contributed by atoms with Crippen LogP contribution in [-0.4, -0.2) is 37.0 Å². The van der Waals surface area contributed by atoms with Gasteiger partial charge in [0.25, 0.3) is 0 Å². The molecule has 0 bridgehead atoms. The molecule has 5 nitrogen and oxygen atoms in total. The summed E-state index contributed by atoms with van der Waals surface area (Å²) in [6.45, 7) is 1.17. The fourth-order valence-electron chi connectivity index (χ4n) is 3.78. The second-order valence-electron chi connectivity index (χ2n) is 8.08. The zero-order valence-electron chi connectivity index (χ0n) is 19.5. The van der Waals surface area contributed by atoms with Crippen molar-refractivity contribution in [3.63, 3.8) is 0 Å². The van der Waals surface area contributed by atoms with Crippen LogP contribution in [0, 0.1) is 5.82 Å². The Labute approximate surface area is 200 Å². The average molecular weight is 463 g/mol. The average Bonchev–Trinajstić information content (AvgIpc) is 2.87. The number of hydrogen-bond acceptors (Lipinski definition) is 3. The number of carbonyl (C=O) groups excluding carboxylic acids is 2. The molecular formula is C28H31FN2O3. The van der Waals surface area contributed by atoms with Gasteiger partial charge in [0.15, 0.2) is 0 Å². The highest BCUT2D eigenvalue weighted by Crippen LogP contribution is 2.25. The second-order valence-corrected chi connectivity index (χ2v) is 8.08. The normalized spacial score (nSPS) is 11.6. The second kappa shape index (κ2) is 13.3. The zero-order chi connectivity index (χ0) is 24.2. The Bertz CT molecular complexity index is 1030. The molecular weight excluding hydrogens is 431 g/mol. The van der Waals surface area contributed by atoms with Crippen LogP contribution < -0.4 is 5.32 Å². The number of ether oxygens (including phenoxy) is 1. The molecule has 3 aromatic rings. The number of amides is 2. The van der Waals surface area contributed by atoms with Gasteiger partial charge < -0.3 is 15.0 Å². The molecule has 178 valence electrons. The fraction of sp³-hybridized carbons (Fsp3) is 0.286. The van der Waals surface area contributed by atoms with Crippen LogP contribution in [0.4, 0.5) is 4.39 Å². The molecule has 0 radical (unpaired) electrons. The summed E-state index contributed by atoms with van der Waals surface area (Å²) >= 11 is 0. The van der Waals surface area contributed by atoms with Crippen molar-refractivity contribution in [2.24, 2.45) is 0 Å². The largest absolute Gasteiger partial charge is 0.385 e. The standard InChI is InChI=1S/C28H31FN2O3/c1-34-20-8-19-30-28(33)27(24-11-6-3-7-12-24)31(21-23-13-16-25(29)17-14-23)26(32)18-15-22-9-4-2-5-10-22/h2-7,9-14,16-17,27H,8,15,18-21H2,1H3,(H,30,33)/t27-/m1/s1. The Morgan fingerprint density at radius 3 is 2.21 bits per heavy atom. The summed E-state index contributed by atoms with van der Waals surface area (Å²) in [5.74, 6) is -0.743. The number of rotatable bonds is 12. The topological polar surface area (TPSA) is 58.6 Å². The maximum atomic E-state index is 13.5. The Morgan fingerprint density at radius 2 is 1.56 bits per heavy atom. The first-order valence-corrected chi connectivity index (χ1v) is 11.5. The summed E-state index contributed by atoms with van der Waals surface area (Å²) < 4.78 is 18.6. The van der Waals surface area contributed by atoms with E-state index in [0.29, 0.717) is 26.0 Å². The predicted molar refractivity (Wildman–Crippen MR) is 130 cm³/mol. The molecule has 0 aliphatic rings. The van der Waals surface area contributed by atoms with Gasteiger partial charge in [-0.1, -0.05) is 72.8 Å². The zero-order valence-corrected chi connectivity index (χ0v) is 19.5. The minimum absolute atomic E-state index is 0.144. The van der Waals surface area contributed by atoms with Crippen LogP contribution in [0.2, 0.25) is 0 Å². The van der Waals surface area contributed by atoms with E-state index in [9.17, 15) is 14.0 Å². The maximum Gasteiger partial charge on any atom is 0.247 e. The molecule has 0 saturated carbocycles. The number of benzene rings is 3. The molecule has 3 aromatic carbocycles. The predicted octanol–water partition coefficient (Wildman–Crippen LogP) is 4.68. The number of nitrogens with zero attached hydrogens (tertiary/aromatic N) is 1. The van der Waals surface area contributed by atoms with Gasteiger partial charge in [-0.3, -0.25) is 9.59 Å². The van der Waals surface area contributed by atoms with Crippen molar-refractivity contribution in [2.75, 3.05) is 20.3 Å². The van der Waals surface area contributed by atoms with Gasteiger partial charge in [0.2, 0.25) is 11.8 Å². The van der Waals surface area contributed by atoms with Gasteiger partial charge in [-0.2, -0.15) is 0 Å². The van der Waals surface area contributed by atoms with Gasteiger partial charge in [0.1, 0.15) is 11.9 Å². The van der Waals surface area contributed by atoms with Crippen LogP contribution in [0.3, 0.4) is 0 Å². The molecule has 0 heterocycles. The Kier molecular flexibility index (Phi) is 9.80. The quantitative estimate of drug-likeness (QED) is 0.398. The van der Waals surface area contributed by atoms with Gasteiger partial charge in [0.05, 0.1) is 0 Å². The minimum atomic E-state index is -0.808. The third-order valence-corrected chi connectivity index (χ3v) is 5.56. The van der Waals surface area contributed by atoms with E-state index in [-0.39, 0.29) is 30.6 Å². The van der Waals surface area contributed by atoms with Crippen molar-refractivity contribution in [1.29, 1.82) is 0 Å². The molecule has 2 amide bonds. The Morgan fingerprint density at radius 1 is 0.912 bits per heavy atom. The van der Waals surface area contributed by atoms with E-state index in [1.54, 1.807) is 24.1 Å². The van der Waals surface area contributed by atoms with Crippen molar-refractivity contribution in [2.45, 2.75) is 31.8 Å². The lowest BCUT2D eigenvalue weighted by atomic mass is 10.0. The lowest BCUT2D eigenvalue weighted by Crippen LogP contribution is -2.43. The summed E-state index contributed by atoms with van der Waals surface area (Å²) in [7, 11) is 1.62. The van der Waals surface area contributed by atoms with Crippen LogP contribution in [-0.2, 0) is 27.3 Å². The number of methoxy groups -OCH3 is 1. The van der Waals surface area contributed by atoms with Gasteiger partial charge in [-0.25, -0.2) is 4.39 Å². The smallest absolute Gasteiger partial charge is 0.247 e. The molecule has 6 heteroatoms. The molecule has 1 N–H and O–H groups in total. The first-order valence-electron chi connectivity index (χ1n) is 11.5. The molecule has 3 rings (SSSR count). The van der Waals surface area contributed by atoms with Crippen LogP contribution in [0.1, 0.15) is 35.6 Å². The summed E-state index contributed by atoms with van der Waals surface area (Å²) in [5, 5.41) is 2.95. The molecule has 0 saturated heterocycles. The summed E-state index contributed by atoms with van der Waals surface area (Å²) in [6, 6.07) is 24.3. The van der Waals surface area contributed by atoms with E-state index >= 15 is 0 Å². The molecule has 0 unspecified atom stereocenters. The molecule has 34 heavy (non-hydrogen) atoms. The van der Waals surface area contributed by atoms with E-state index in [2.05, 4.69) is 5.32 Å². The summed E-state index contributed by atoms with van der Waals surface area (Å²) in [5.41, 5.74) is 2.53. The third kappa shape index (κ3) is 7.52. The van der Waals surface area contributed by atoms with Crippen LogP contribution in [0.5, 0.6) is 0 Å². The van der Waals surface area contributed by atoms with Gasteiger partial charge in [-0.05, 0) is 41.7 Å². The highest BCUT2D eigenvalue weighted by atomic mass is 19.1. The first kappa shape index (κ1) is 25.1. The van der Waals surface area contributed by atoms with E-state index < -0.39 is 6.04 Å². The van der Waals surface area contributed by atoms with E-state index in [0.717, 1.165) is 16.7 Å². The van der Waals surface area contributed by atoms with Crippen molar-refractivity contribution in [1.82, 2.24) is 10.2 Å². The number of aryl methyl sites for hydroxylation is 1. The minimum Gasteiger partial charge on any atom is -0.385 e. The number of halogens is 1. The van der Waals surface area contributed by atoms with Crippen LogP contribution >= 0.6 is 0 Å². The first-order chi connectivity index (χ1) is 16.6. The molecule has 0 aliphatic heterocycles. The van der Waals surface area contributed by atoms with Gasteiger partial charge >= 0.3 is 0 Å². The molecule has 1 atom stereocenters. The summed E-state index contributed by atoms with van der Waals surface area (Å²) in [4.78, 5) is 28.5. The maximum absolute atomic E-state index is 13.5. The monoisotopic (exact) mass is 462 g/mol. The van der Waals surface area contributed by atoms with E-state index in [1.807, 2.05) is 60.7 Å². The molecule has 0 fully saturated rings. The number of hydrogen-bond donors (Lipinski definition) is 1. The van der Waals surface area contributed by atoms with Crippen molar-refractivity contribution in [3.8, 4) is 0 Å². The van der Waals surface area contributed by atoms with Crippen LogP contribution in [0.25, 0.3) is 0 Å². The van der Waals surface area contributed by atoms with Crippen molar-refractivity contribution >= 4 is 11.8 Å². The van der Waals surface area contributed by atoms with Gasteiger partial charge in [0, 0.05) is 33.2 Å². The van der Waals surface area contributed by atoms with E-state index in [1.165, 1.54) is 12.1 Å². The van der Waals surface area contributed by atoms with Crippen molar-refractivity contribution < 1.29 is 18.7 Å².